The second-order valence-electron chi connectivity index (χ2n) is 6.56. The molecule has 0 saturated carbocycles. The second-order valence-corrected chi connectivity index (χ2v) is 6.56. The number of nitrogens with one attached hydrogen (secondary N) is 2. The van der Waals surface area contributed by atoms with Crippen molar-refractivity contribution in [1.82, 2.24) is 15.5 Å². The van der Waals surface area contributed by atoms with Gasteiger partial charge < -0.3 is 20.3 Å². The van der Waals surface area contributed by atoms with E-state index in [0.29, 0.717) is 31.9 Å². The lowest BCUT2D eigenvalue weighted by atomic mass is 10.1. The van der Waals surface area contributed by atoms with Gasteiger partial charge in [0, 0.05) is 32.7 Å². The Morgan fingerprint density at radius 1 is 1.00 bits per heavy atom. The van der Waals surface area contributed by atoms with Gasteiger partial charge in [-0.05, 0) is 30.2 Å². The number of benzene rings is 2. The summed E-state index contributed by atoms with van der Waals surface area (Å²) in [4.78, 5) is 18.1. The number of carbonyl (C=O) groups is 1. The molecule has 2 aromatic rings. The molecule has 29 heavy (non-hydrogen) atoms. The predicted octanol–water partition coefficient (Wildman–Crippen LogP) is 3.28. The van der Waals surface area contributed by atoms with Gasteiger partial charge in [0.15, 0.2) is 5.96 Å². The zero-order valence-electron chi connectivity index (χ0n) is 17.4. The Morgan fingerprint density at radius 2 is 1.69 bits per heavy atom. The molecule has 158 valence electrons. The number of rotatable bonds is 9. The van der Waals surface area contributed by atoms with Crippen molar-refractivity contribution in [2.24, 2.45) is 4.99 Å². The molecule has 0 aromatic heterocycles. The summed E-state index contributed by atoms with van der Waals surface area (Å²) < 4.78 is 5.68. The topological polar surface area (TPSA) is 66.0 Å². The lowest BCUT2D eigenvalue weighted by molar-refractivity contribution is 0.0827. The first-order valence-electron chi connectivity index (χ1n) is 9.54. The third kappa shape index (κ3) is 9.27. The third-order valence-corrected chi connectivity index (χ3v) is 4.02. The smallest absolute Gasteiger partial charge is 0.253 e. The predicted molar refractivity (Wildman–Crippen MR) is 129 cm³/mol. The van der Waals surface area contributed by atoms with Crippen LogP contribution in [-0.4, -0.2) is 50.6 Å². The van der Waals surface area contributed by atoms with E-state index in [4.69, 9.17) is 4.74 Å². The van der Waals surface area contributed by atoms with Crippen molar-refractivity contribution >= 4 is 35.8 Å². The summed E-state index contributed by atoms with van der Waals surface area (Å²) in [5.41, 5.74) is 2.89. The van der Waals surface area contributed by atoms with E-state index in [1.54, 1.807) is 19.0 Å². The fourth-order valence-electron chi connectivity index (χ4n) is 2.53. The van der Waals surface area contributed by atoms with Gasteiger partial charge in [0.2, 0.25) is 0 Å². The van der Waals surface area contributed by atoms with Crippen LogP contribution in [0.1, 0.15) is 28.4 Å². The van der Waals surface area contributed by atoms with Crippen LogP contribution in [0.5, 0.6) is 0 Å². The van der Waals surface area contributed by atoms with Gasteiger partial charge in [-0.15, -0.1) is 24.0 Å². The van der Waals surface area contributed by atoms with Crippen molar-refractivity contribution in [3.8, 4) is 0 Å². The van der Waals surface area contributed by atoms with Gasteiger partial charge in [0.25, 0.3) is 5.91 Å². The highest BCUT2D eigenvalue weighted by Gasteiger charge is 2.07. The minimum absolute atomic E-state index is 0. The van der Waals surface area contributed by atoms with Gasteiger partial charge in [-0.1, -0.05) is 42.5 Å². The molecule has 7 heteroatoms. The average Bonchev–Trinajstić information content (AvgIpc) is 2.72. The first kappa shape index (κ1) is 24.9. The molecule has 6 nitrogen and oxygen atoms in total. The first-order chi connectivity index (χ1) is 13.6. The van der Waals surface area contributed by atoms with Gasteiger partial charge in [-0.25, -0.2) is 4.99 Å². The van der Waals surface area contributed by atoms with Gasteiger partial charge in [-0.3, -0.25) is 4.79 Å². The highest BCUT2D eigenvalue weighted by atomic mass is 127. The molecule has 0 atom stereocenters. The van der Waals surface area contributed by atoms with Crippen molar-refractivity contribution in [3.05, 3.63) is 71.3 Å². The number of hydrogen-bond donors (Lipinski definition) is 2. The largest absolute Gasteiger partial charge is 0.375 e. The van der Waals surface area contributed by atoms with Crippen LogP contribution >= 0.6 is 24.0 Å². The molecule has 0 aliphatic carbocycles. The summed E-state index contributed by atoms with van der Waals surface area (Å²) in [6.07, 6.45) is 0. The number of hydrogen-bond acceptors (Lipinski definition) is 3. The van der Waals surface area contributed by atoms with E-state index >= 15 is 0 Å². The maximum atomic E-state index is 11.9. The van der Waals surface area contributed by atoms with E-state index < -0.39 is 0 Å². The van der Waals surface area contributed by atoms with Crippen LogP contribution in [-0.2, 0) is 17.9 Å². The Labute approximate surface area is 190 Å². The Morgan fingerprint density at radius 3 is 2.31 bits per heavy atom. The zero-order chi connectivity index (χ0) is 20.2. The van der Waals surface area contributed by atoms with E-state index in [0.717, 1.165) is 18.1 Å². The highest BCUT2D eigenvalue weighted by Crippen LogP contribution is 2.07. The number of nitrogens with zero attached hydrogens (tertiary/aromatic N) is 2. The van der Waals surface area contributed by atoms with E-state index in [2.05, 4.69) is 27.8 Å². The Balaban J connectivity index is 0.00000420. The Hall–Kier alpha value is -2.13. The molecule has 2 N–H and O–H groups in total. The van der Waals surface area contributed by atoms with Crippen molar-refractivity contribution < 1.29 is 9.53 Å². The number of carbonyl (C=O) groups excluding carboxylic acids is 1. The molecule has 0 aliphatic heterocycles. The third-order valence-electron chi connectivity index (χ3n) is 4.02. The van der Waals surface area contributed by atoms with Crippen LogP contribution in [0.25, 0.3) is 0 Å². The summed E-state index contributed by atoms with van der Waals surface area (Å²) >= 11 is 0. The minimum Gasteiger partial charge on any atom is -0.375 e. The molecule has 0 fully saturated rings. The zero-order valence-corrected chi connectivity index (χ0v) is 19.7. The molecule has 0 spiro atoms. The number of ether oxygens (including phenoxy) is 1. The van der Waals surface area contributed by atoms with Crippen LogP contribution in [0.15, 0.2) is 59.6 Å². The highest BCUT2D eigenvalue weighted by molar-refractivity contribution is 14.0. The number of halogens is 1. The molecule has 0 saturated heterocycles. The number of amides is 1. The molecular weight excluding hydrogens is 479 g/mol. The lowest BCUT2D eigenvalue weighted by Crippen LogP contribution is -2.38. The van der Waals surface area contributed by atoms with Gasteiger partial charge in [0.1, 0.15) is 0 Å². The quantitative estimate of drug-likeness (QED) is 0.235. The normalized spacial score (nSPS) is 10.8. The summed E-state index contributed by atoms with van der Waals surface area (Å²) in [7, 11) is 3.50. The van der Waals surface area contributed by atoms with Crippen LogP contribution in [0.2, 0.25) is 0 Å². The van der Waals surface area contributed by atoms with E-state index in [9.17, 15) is 4.79 Å². The fraction of sp³-hybridized carbons (Fsp3) is 0.364. The minimum atomic E-state index is 0. The average molecular weight is 510 g/mol. The molecule has 0 radical (unpaired) electrons. The van der Waals surface area contributed by atoms with Gasteiger partial charge >= 0.3 is 0 Å². The molecule has 2 rings (SSSR count). The van der Waals surface area contributed by atoms with Crippen molar-refractivity contribution in [1.29, 1.82) is 0 Å². The van der Waals surface area contributed by atoms with Crippen LogP contribution in [0.3, 0.4) is 0 Å². The summed E-state index contributed by atoms with van der Waals surface area (Å²) in [5, 5.41) is 6.50. The Bertz CT molecular complexity index is 749. The van der Waals surface area contributed by atoms with Gasteiger partial charge in [-0.2, -0.15) is 0 Å². The number of guanidine groups is 1. The molecular formula is C22H31IN4O2. The van der Waals surface area contributed by atoms with E-state index in [1.165, 1.54) is 5.56 Å². The lowest BCUT2D eigenvalue weighted by Gasteiger charge is -2.12. The Kier molecular flexibility index (Phi) is 12.0. The van der Waals surface area contributed by atoms with Crippen LogP contribution < -0.4 is 10.6 Å². The summed E-state index contributed by atoms with van der Waals surface area (Å²) in [5.74, 6) is 0.750. The molecule has 0 heterocycles. The molecule has 2 aromatic carbocycles. The monoisotopic (exact) mass is 510 g/mol. The second kappa shape index (κ2) is 13.9. The first-order valence-corrected chi connectivity index (χ1v) is 9.54. The maximum absolute atomic E-state index is 11.9. The van der Waals surface area contributed by atoms with Crippen LogP contribution in [0.4, 0.5) is 0 Å². The van der Waals surface area contributed by atoms with Crippen molar-refractivity contribution in [2.75, 3.05) is 33.8 Å². The van der Waals surface area contributed by atoms with Crippen molar-refractivity contribution in [3.63, 3.8) is 0 Å². The maximum Gasteiger partial charge on any atom is 0.253 e. The van der Waals surface area contributed by atoms with Crippen molar-refractivity contribution in [2.45, 2.75) is 20.1 Å². The van der Waals surface area contributed by atoms with Gasteiger partial charge in [0.05, 0.1) is 19.8 Å². The number of aliphatic imine (C=N–C) groups is 1. The standard InChI is InChI=1S/C22H30N4O2.HI/c1-4-23-22(24-14-15-28-17-19-8-6-5-7-9-19)25-16-18-10-12-20(13-11-18)21(27)26(2)3;/h5-13H,4,14-17H2,1-3H3,(H2,23,24,25);1H. The molecule has 1 amide bonds. The molecule has 0 bridgehead atoms. The fourth-order valence-corrected chi connectivity index (χ4v) is 2.53. The summed E-state index contributed by atoms with van der Waals surface area (Å²) in [6, 6.07) is 17.7. The molecule has 0 unspecified atom stereocenters. The van der Waals surface area contributed by atoms with E-state index in [1.807, 2.05) is 49.4 Å². The van der Waals surface area contributed by atoms with E-state index in [-0.39, 0.29) is 29.9 Å². The van der Waals surface area contributed by atoms with Crippen LogP contribution in [0, 0.1) is 0 Å². The summed E-state index contributed by atoms with van der Waals surface area (Å²) in [6.45, 7) is 5.23. The molecule has 0 aliphatic rings. The SMILES string of the molecule is CCNC(=NCc1ccc(C(=O)N(C)C)cc1)NCCOCc1ccccc1.I.